The van der Waals surface area contributed by atoms with Crippen LogP contribution >= 0.6 is 0 Å². The fourth-order valence-electron chi connectivity index (χ4n) is 3.62. The van der Waals surface area contributed by atoms with Gasteiger partial charge in [-0.2, -0.15) is 5.10 Å². The quantitative estimate of drug-likeness (QED) is 0.533. The predicted molar refractivity (Wildman–Crippen MR) is 107 cm³/mol. The molecule has 8 nitrogen and oxygen atoms in total. The summed E-state index contributed by atoms with van der Waals surface area (Å²) in [5.41, 5.74) is 3.59. The van der Waals surface area contributed by atoms with Crippen molar-refractivity contribution in [2.24, 2.45) is 0 Å². The van der Waals surface area contributed by atoms with Gasteiger partial charge in [0.2, 0.25) is 0 Å². The van der Waals surface area contributed by atoms with Gasteiger partial charge in [-0.3, -0.25) is 4.79 Å². The number of hydrogen-bond donors (Lipinski definition) is 1. The number of aryl methyl sites for hydroxylation is 1. The Morgan fingerprint density at radius 2 is 2.07 bits per heavy atom. The summed E-state index contributed by atoms with van der Waals surface area (Å²) < 4.78 is 12.7. The second-order valence-electron chi connectivity index (χ2n) is 7.06. The average Bonchev–Trinajstić information content (AvgIpc) is 3.54. The molecule has 2 heterocycles. The first-order valence-corrected chi connectivity index (χ1v) is 9.68. The summed E-state index contributed by atoms with van der Waals surface area (Å²) in [6.45, 7) is 0.176. The Balaban J connectivity index is 1.18. The Labute approximate surface area is 172 Å². The molecule has 1 aliphatic rings. The Hall–Kier alpha value is -3.94. The molecular weight excluding hydrogens is 382 g/mol. The zero-order chi connectivity index (χ0) is 20.3. The van der Waals surface area contributed by atoms with Gasteiger partial charge < -0.3 is 14.6 Å². The lowest BCUT2D eigenvalue weighted by molar-refractivity contribution is 0.0927. The van der Waals surface area contributed by atoms with Crippen molar-refractivity contribution in [2.45, 2.75) is 25.5 Å². The highest BCUT2D eigenvalue weighted by atomic mass is 16.5. The molecule has 0 spiro atoms. The van der Waals surface area contributed by atoms with Crippen molar-refractivity contribution in [1.82, 2.24) is 25.2 Å². The van der Waals surface area contributed by atoms with Crippen LogP contribution in [0.3, 0.4) is 0 Å². The van der Waals surface area contributed by atoms with Gasteiger partial charge in [0.05, 0.1) is 11.7 Å². The molecule has 150 valence electrons. The monoisotopic (exact) mass is 401 g/mol. The van der Waals surface area contributed by atoms with Crippen molar-refractivity contribution in [1.29, 1.82) is 0 Å². The maximum Gasteiger partial charge on any atom is 0.273 e. The minimum atomic E-state index is -0.246. The van der Waals surface area contributed by atoms with Crippen LogP contribution < -0.4 is 10.1 Å². The van der Waals surface area contributed by atoms with Crippen LogP contribution in [0.2, 0.25) is 0 Å². The summed E-state index contributed by atoms with van der Waals surface area (Å²) >= 11 is 0. The number of amides is 1. The Morgan fingerprint density at radius 1 is 1.20 bits per heavy atom. The average molecular weight is 401 g/mol. The fourth-order valence-corrected chi connectivity index (χ4v) is 3.62. The fraction of sp³-hybridized carbons (Fsp3) is 0.182. The van der Waals surface area contributed by atoms with E-state index in [2.05, 4.69) is 32.7 Å². The second kappa shape index (κ2) is 7.82. The van der Waals surface area contributed by atoms with E-state index in [4.69, 9.17) is 9.26 Å². The second-order valence-corrected chi connectivity index (χ2v) is 7.06. The lowest BCUT2D eigenvalue weighted by atomic mass is 10.1. The van der Waals surface area contributed by atoms with E-state index in [1.54, 1.807) is 17.1 Å². The van der Waals surface area contributed by atoms with E-state index < -0.39 is 0 Å². The van der Waals surface area contributed by atoms with Gasteiger partial charge in [-0.25, -0.2) is 9.67 Å². The van der Waals surface area contributed by atoms with Crippen molar-refractivity contribution >= 4 is 5.91 Å². The van der Waals surface area contributed by atoms with E-state index in [0.29, 0.717) is 11.5 Å². The van der Waals surface area contributed by atoms with E-state index in [9.17, 15) is 4.79 Å². The molecule has 4 aromatic rings. The zero-order valence-corrected chi connectivity index (χ0v) is 16.1. The van der Waals surface area contributed by atoms with E-state index in [1.807, 2.05) is 36.4 Å². The summed E-state index contributed by atoms with van der Waals surface area (Å²) in [6.07, 6.45) is 4.97. The molecular formula is C22H19N5O3. The number of nitrogens with zero attached hydrogens (tertiary/aromatic N) is 4. The van der Waals surface area contributed by atoms with Crippen LogP contribution in [0, 0.1) is 0 Å². The standard InChI is InChI=1S/C22H19N5O3/c28-22(25-20-10-5-15-3-1-2-4-19(15)20)21-11-18(30-26-21)12-29-17-8-6-16(7-9-17)27-14-23-13-24-27/h1-4,6-9,11,13-14,20H,5,10,12H2,(H,25,28)/t20-/m1/s1. The first-order valence-electron chi connectivity index (χ1n) is 9.68. The Bertz CT molecular complexity index is 1150. The van der Waals surface area contributed by atoms with Crippen LogP contribution in [0.4, 0.5) is 0 Å². The van der Waals surface area contributed by atoms with Gasteiger partial charge in [0.1, 0.15) is 25.0 Å². The molecule has 2 aromatic carbocycles. The molecule has 1 N–H and O–H groups in total. The zero-order valence-electron chi connectivity index (χ0n) is 16.1. The molecule has 0 saturated heterocycles. The van der Waals surface area contributed by atoms with Crippen molar-refractivity contribution < 1.29 is 14.1 Å². The van der Waals surface area contributed by atoms with Crippen molar-refractivity contribution in [3.63, 3.8) is 0 Å². The van der Waals surface area contributed by atoms with Gasteiger partial charge in [-0.05, 0) is 48.2 Å². The summed E-state index contributed by atoms with van der Waals surface area (Å²) in [6, 6.07) is 17.2. The van der Waals surface area contributed by atoms with Crippen molar-refractivity contribution in [3.05, 3.63) is 89.8 Å². The molecule has 2 aromatic heterocycles. The van der Waals surface area contributed by atoms with E-state index in [0.717, 1.165) is 18.5 Å². The number of aromatic nitrogens is 4. The van der Waals surface area contributed by atoms with Gasteiger partial charge >= 0.3 is 0 Å². The number of fused-ring (bicyclic) bond motifs is 1. The summed E-state index contributed by atoms with van der Waals surface area (Å²) in [7, 11) is 0. The maximum absolute atomic E-state index is 12.6. The molecule has 0 fully saturated rings. The molecule has 1 amide bonds. The Kier molecular flexibility index (Phi) is 4.72. The number of carbonyl (C=O) groups excluding carboxylic acids is 1. The van der Waals surface area contributed by atoms with Gasteiger partial charge in [-0.1, -0.05) is 29.4 Å². The molecule has 8 heteroatoms. The van der Waals surface area contributed by atoms with Gasteiger partial charge in [0, 0.05) is 6.07 Å². The molecule has 0 unspecified atom stereocenters. The number of rotatable bonds is 6. The number of nitrogens with one attached hydrogen (secondary N) is 1. The molecule has 30 heavy (non-hydrogen) atoms. The largest absolute Gasteiger partial charge is 0.486 e. The minimum absolute atomic E-state index is 0.00796. The van der Waals surface area contributed by atoms with Gasteiger partial charge in [-0.15, -0.1) is 0 Å². The first kappa shape index (κ1) is 18.1. The Morgan fingerprint density at radius 3 is 2.90 bits per heavy atom. The highest BCUT2D eigenvalue weighted by Gasteiger charge is 2.25. The van der Waals surface area contributed by atoms with Crippen LogP contribution in [0.5, 0.6) is 5.75 Å². The van der Waals surface area contributed by atoms with Crippen molar-refractivity contribution in [3.8, 4) is 11.4 Å². The third-order valence-electron chi connectivity index (χ3n) is 5.13. The summed E-state index contributed by atoms with van der Waals surface area (Å²) in [5, 5.41) is 11.0. The lowest BCUT2D eigenvalue weighted by Gasteiger charge is -2.12. The van der Waals surface area contributed by atoms with Crippen molar-refractivity contribution in [2.75, 3.05) is 0 Å². The normalized spacial score (nSPS) is 15.0. The summed E-state index contributed by atoms with van der Waals surface area (Å²) in [4.78, 5) is 16.5. The minimum Gasteiger partial charge on any atom is -0.486 e. The van der Waals surface area contributed by atoms with E-state index in [-0.39, 0.29) is 24.2 Å². The topological polar surface area (TPSA) is 95.1 Å². The van der Waals surface area contributed by atoms with E-state index >= 15 is 0 Å². The van der Waals surface area contributed by atoms with E-state index in [1.165, 1.54) is 17.5 Å². The van der Waals surface area contributed by atoms with Crippen LogP contribution in [0.25, 0.3) is 5.69 Å². The molecule has 5 rings (SSSR count). The highest BCUT2D eigenvalue weighted by molar-refractivity contribution is 5.92. The van der Waals surface area contributed by atoms with Gasteiger partial charge in [0.15, 0.2) is 11.5 Å². The third kappa shape index (κ3) is 3.67. The summed E-state index contributed by atoms with van der Waals surface area (Å²) in [5.74, 6) is 0.903. The number of ether oxygens (including phenoxy) is 1. The molecule has 0 saturated carbocycles. The van der Waals surface area contributed by atoms with Crippen LogP contribution in [-0.2, 0) is 13.0 Å². The SMILES string of the molecule is O=C(N[C@@H]1CCc2ccccc21)c1cc(COc2ccc(-n3cncn3)cc2)on1. The highest BCUT2D eigenvalue weighted by Crippen LogP contribution is 2.30. The molecule has 1 atom stereocenters. The number of benzene rings is 2. The third-order valence-corrected chi connectivity index (χ3v) is 5.13. The molecule has 1 aliphatic carbocycles. The number of carbonyl (C=O) groups is 1. The smallest absolute Gasteiger partial charge is 0.273 e. The van der Waals surface area contributed by atoms with Gasteiger partial charge in [0.25, 0.3) is 5.91 Å². The molecule has 0 aliphatic heterocycles. The predicted octanol–water partition coefficient (Wildman–Crippen LogP) is 3.25. The molecule has 0 bridgehead atoms. The van der Waals surface area contributed by atoms with Crippen LogP contribution in [0.15, 0.2) is 71.8 Å². The number of hydrogen-bond acceptors (Lipinski definition) is 6. The lowest BCUT2D eigenvalue weighted by Crippen LogP contribution is -2.27. The molecule has 0 radical (unpaired) electrons. The van der Waals surface area contributed by atoms with Crippen LogP contribution in [-0.4, -0.2) is 25.8 Å². The first-order chi connectivity index (χ1) is 14.8. The van der Waals surface area contributed by atoms with Crippen LogP contribution in [0.1, 0.15) is 39.8 Å². The maximum atomic E-state index is 12.6.